The van der Waals surface area contributed by atoms with E-state index in [0.29, 0.717) is 10.9 Å². The molecule has 7 nitrogen and oxygen atoms in total. The van der Waals surface area contributed by atoms with E-state index in [1.807, 2.05) is 20.8 Å². The standard InChI is InChI=1S/C26H27F3N4O3/c1-25(2,3)22(24(36)30-17-12-13-17)31-23(35)21-18-6-4-5-7-19(18)33(32-21)14-20(34)15-8-10-16(11-9-15)26(27,28)29/h4-11,17,22H,12-14H2,1-3H3,(H,30,36)(H,31,35)/t22-/m1/s1. The van der Waals surface area contributed by atoms with Gasteiger partial charge in [0.15, 0.2) is 11.5 Å². The largest absolute Gasteiger partial charge is 0.416 e. The number of rotatable bonds is 7. The third kappa shape index (κ3) is 5.58. The molecule has 10 heteroatoms. The predicted molar refractivity (Wildman–Crippen MR) is 127 cm³/mol. The maximum atomic E-state index is 13.3. The molecule has 1 saturated carbocycles. The van der Waals surface area contributed by atoms with E-state index in [-0.39, 0.29) is 29.8 Å². The molecule has 0 aliphatic heterocycles. The first-order chi connectivity index (χ1) is 16.8. The number of Topliss-reactive ketones (excluding diaryl/α,β-unsaturated/α-hetero) is 1. The van der Waals surface area contributed by atoms with Crippen molar-refractivity contribution >= 4 is 28.5 Å². The fourth-order valence-corrected chi connectivity index (χ4v) is 3.88. The minimum absolute atomic E-state index is 0.0549. The van der Waals surface area contributed by atoms with Crippen LogP contribution in [0.25, 0.3) is 10.9 Å². The van der Waals surface area contributed by atoms with Gasteiger partial charge in [0.25, 0.3) is 5.91 Å². The summed E-state index contributed by atoms with van der Waals surface area (Å²) in [6.45, 7) is 5.28. The molecule has 2 aromatic carbocycles. The Bertz CT molecular complexity index is 1300. The fraction of sp³-hybridized carbons (Fsp3) is 0.385. The second kappa shape index (κ2) is 9.40. The van der Waals surface area contributed by atoms with Crippen molar-refractivity contribution in [1.82, 2.24) is 20.4 Å². The van der Waals surface area contributed by atoms with E-state index in [9.17, 15) is 27.6 Å². The van der Waals surface area contributed by atoms with Gasteiger partial charge in [0, 0.05) is 17.0 Å². The second-order valence-electron chi connectivity index (χ2n) is 10.1. The lowest BCUT2D eigenvalue weighted by Crippen LogP contribution is -2.54. The van der Waals surface area contributed by atoms with Gasteiger partial charge in [-0.1, -0.05) is 51.1 Å². The van der Waals surface area contributed by atoms with E-state index in [1.165, 1.54) is 4.68 Å². The molecule has 1 atom stereocenters. The molecule has 0 radical (unpaired) electrons. The molecule has 1 fully saturated rings. The van der Waals surface area contributed by atoms with Gasteiger partial charge in [-0.3, -0.25) is 19.1 Å². The van der Waals surface area contributed by atoms with Crippen LogP contribution in [0.5, 0.6) is 0 Å². The van der Waals surface area contributed by atoms with E-state index in [2.05, 4.69) is 15.7 Å². The smallest absolute Gasteiger partial charge is 0.352 e. The third-order valence-electron chi connectivity index (χ3n) is 6.03. The van der Waals surface area contributed by atoms with Crippen molar-refractivity contribution in [1.29, 1.82) is 0 Å². The number of para-hydroxylation sites is 1. The molecule has 0 spiro atoms. The lowest BCUT2D eigenvalue weighted by atomic mass is 9.86. The van der Waals surface area contributed by atoms with Crippen molar-refractivity contribution < 1.29 is 27.6 Å². The summed E-state index contributed by atoms with van der Waals surface area (Å²) in [6.07, 6.45) is -2.67. The zero-order chi connectivity index (χ0) is 26.3. The Hall–Kier alpha value is -3.69. The first kappa shape index (κ1) is 25.4. The average molecular weight is 501 g/mol. The van der Waals surface area contributed by atoms with Crippen LogP contribution in [-0.4, -0.2) is 39.5 Å². The Morgan fingerprint density at radius 3 is 2.25 bits per heavy atom. The van der Waals surface area contributed by atoms with Gasteiger partial charge in [0.1, 0.15) is 12.6 Å². The molecular weight excluding hydrogens is 473 g/mol. The topological polar surface area (TPSA) is 93.1 Å². The number of amides is 2. The zero-order valence-corrected chi connectivity index (χ0v) is 20.1. The van der Waals surface area contributed by atoms with Crippen LogP contribution in [-0.2, 0) is 17.5 Å². The van der Waals surface area contributed by atoms with Crippen molar-refractivity contribution in [2.24, 2.45) is 5.41 Å². The molecule has 3 aromatic rings. The lowest BCUT2D eigenvalue weighted by molar-refractivity contribution is -0.137. The predicted octanol–water partition coefficient (Wildman–Crippen LogP) is 4.36. The normalized spacial score (nSPS) is 14.9. The monoisotopic (exact) mass is 500 g/mol. The molecule has 1 aliphatic carbocycles. The van der Waals surface area contributed by atoms with Crippen LogP contribution < -0.4 is 10.6 Å². The van der Waals surface area contributed by atoms with Gasteiger partial charge in [0.2, 0.25) is 5.91 Å². The molecule has 0 bridgehead atoms. The number of nitrogens with zero attached hydrogens (tertiary/aromatic N) is 2. The SMILES string of the molecule is CC(C)(C)[C@H](NC(=O)c1nn(CC(=O)c2ccc(C(F)(F)F)cc2)c2ccccc12)C(=O)NC1CC1. The van der Waals surface area contributed by atoms with Crippen LogP contribution in [0.3, 0.4) is 0 Å². The molecule has 2 N–H and O–H groups in total. The Morgan fingerprint density at radius 1 is 1.03 bits per heavy atom. The summed E-state index contributed by atoms with van der Waals surface area (Å²) in [5.74, 6) is -1.28. The summed E-state index contributed by atoms with van der Waals surface area (Å²) in [5.41, 5.74) is -0.748. The fourth-order valence-electron chi connectivity index (χ4n) is 3.88. The molecule has 0 saturated heterocycles. The van der Waals surface area contributed by atoms with E-state index in [0.717, 1.165) is 37.1 Å². The molecule has 4 rings (SSSR count). The minimum atomic E-state index is -4.50. The molecule has 1 heterocycles. The molecule has 1 aliphatic rings. The minimum Gasteiger partial charge on any atom is -0.352 e. The summed E-state index contributed by atoms with van der Waals surface area (Å²) in [7, 11) is 0. The quantitative estimate of drug-likeness (QED) is 0.472. The summed E-state index contributed by atoms with van der Waals surface area (Å²) in [6, 6.07) is 10.1. The van der Waals surface area contributed by atoms with Crippen molar-refractivity contribution in [3.05, 3.63) is 65.4 Å². The van der Waals surface area contributed by atoms with Gasteiger partial charge in [-0.2, -0.15) is 18.3 Å². The summed E-state index contributed by atoms with van der Waals surface area (Å²) in [4.78, 5) is 38.9. The van der Waals surface area contributed by atoms with Crippen LogP contribution in [0.4, 0.5) is 13.2 Å². The molecular formula is C26H27F3N4O3. The molecule has 190 valence electrons. The van der Waals surface area contributed by atoms with Gasteiger partial charge in [0.05, 0.1) is 11.1 Å². The average Bonchev–Trinajstić information content (AvgIpc) is 3.55. The van der Waals surface area contributed by atoms with E-state index in [4.69, 9.17) is 0 Å². The van der Waals surface area contributed by atoms with E-state index >= 15 is 0 Å². The van der Waals surface area contributed by atoms with Crippen LogP contribution in [0.2, 0.25) is 0 Å². The third-order valence-corrected chi connectivity index (χ3v) is 6.03. The summed E-state index contributed by atoms with van der Waals surface area (Å²) < 4.78 is 39.9. The lowest BCUT2D eigenvalue weighted by Gasteiger charge is -2.30. The summed E-state index contributed by atoms with van der Waals surface area (Å²) in [5, 5.41) is 10.6. The van der Waals surface area contributed by atoms with Crippen LogP contribution >= 0.6 is 0 Å². The second-order valence-corrected chi connectivity index (χ2v) is 10.1. The van der Waals surface area contributed by atoms with Gasteiger partial charge in [-0.25, -0.2) is 0 Å². The van der Waals surface area contributed by atoms with Crippen LogP contribution in [0.1, 0.15) is 60.0 Å². The highest BCUT2D eigenvalue weighted by Crippen LogP contribution is 2.29. The highest BCUT2D eigenvalue weighted by atomic mass is 19.4. The molecule has 0 unspecified atom stereocenters. The number of ketones is 1. The number of carbonyl (C=O) groups is 3. The van der Waals surface area contributed by atoms with Crippen molar-refractivity contribution in [2.75, 3.05) is 0 Å². The Labute approximate surface area is 206 Å². The maximum absolute atomic E-state index is 13.3. The molecule has 36 heavy (non-hydrogen) atoms. The number of nitrogens with one attached hydrogen (secondary N) is 2. The number of halogens is 3. The molecule has 2 amide bonds. The summed E-state index contributed by atoms with van der Waals surface area (Å²) >= 11 is 0. The number of fused-ring (bicyclic) bond motifs is 1. The van der Waals surface area contributed by atoms with Crippen LogP contribution in [0, 0.1) is 5.41 Å². The number of hydrogen-bond acceptors (Lipinski definition) is 4. The number of benzene rings is 2. The number of aromatic nitrogens is 2. The van der Waals surface area contributed by atoms with Gasteiger partial charge >= 0.3 is 6.18 Å². The van der Waals surface area contributed by atoms with Crippen molar-refractivity contribution in [3.8, 4) is 0 Å². The van der Waals surface area contributed by atoms with Crippen molar-refractivity contribution in [3.63, 3.8) is 0 Å². The van der Waals surface area contributed by atoms with E-state index in [1.54, 1.807) is 24.3 Å². The maximum Gasteiger partial charge on any atom is 0.416 e. The Balaban J connectivity index is 1.58. The highest BCUT2D eigenvalue weighted by Gasteiger charge is 2.36. The van der Waals surface area contributed by atoms with Gasteiger partial charge in [-0.05, 0) is 36.5 Å². The first-order valence-corrected chi connectivity index (χ1v) is 11.6. The highest BCUT2D eigenvalue weighted by molar-refractivity contribution is 6.07. The van der Waals surface area contributed by atoms with Crippen molar-refractivity contribution in [2.45, 2.75) is 58.4 Å². The number of carbonyl (C=O) groups excluding carboxylic acids is 3. The number of alkyl halides is 3. The van der Waals surface area contributed by atoms with Gasteiger partial charge < -0.3 is 10.6 Å². The number of hydrogen-bond donors (Lipinski definition) is 2. The Morgan fingerprint density at radius 2 is 1.67 bits per heavy atom. The first-order valence-electron chi connectivity index (χ1n) is 11.6. The van der Waals surface area contributed by atoms with Crippen LogP contribution in [0.15, 0.2) is 48.5 Å². The van der Waals surface area contributed by atoms with Gasteiger partial charge in [-0.15, -0.1) is 0 Å². The molecule has 1 aromatic heterocycles. The Kier molecular flexibility index (Phi) is 6.64. The van der Waals surface area contributed by atoms with E-state index < -0.39 is 34.9 Å². The zero-order valence-electron chi connectivity index (χ0n) is 20.1.